The van der Waals surface area contributed by atoms with Gasteiger partial charge >= 0.3 is 0 Å². The summed E-state index contributed by atoms with van der Waals surface area (Å²) < 4.78 is 5.48. The molecule has 1 saturated heterocycles. The molecule has 24 heavy (non-hydrogen) atoms. The Balaban J connectivity index is 1.83. The molecule has 2 heterocycles. The van der Waals surface area contributed by atoms with Crippen LogP contribution in [0.25, 0.3) is 0 Å². The normalized spacial score (nSPS) is 20.2. The molecular weight excluding hydrogens is 336 g/mol. The molecular formula is C16H15ClN2O5. The molecule has 2 aliphatic rings. The summed E-state index contributed by atoms with van der Waals surface area (Å²) in [4.78, 5) is 49.2. The van der Waals surface area contributed by atoms with Crippen molar-refractivity contribution in [2.45, 2.75) is 25.3 Å². The molecule has 0 aromatic heterocycles. The number of fused-ring (bicyclic) bond motifs is 1. The quantitative estimate of drug-likeness (QED) is 0.487. The highest BCUT2D eigenvalue weighted by atomic mass is 35.5. The van der Waals surface area contributed by atoms with Crippen LogP contribution in [0.1, 0.15) is 40.0 Å². The van der Waals surface area contributed by atoms with E-state index in [0.29, 0.717) is 24.7 Å². The minimum atomic E-state index is -0.962. The number of benzene rings is 1. The second-order valence-electron chi connectivity index (χ2n) is 5.55. The zero-order chi connectivity index (χ0) is 17.3. The molecule has 8 heteroatoms. The fraction of sp³-hybridized carbons (Fsp3) is 0.375. The predicted molar refractivity (Wildman–Crippen MR) is 83.9 cm³/mol. The topological polar surface area (TPSA) is 92.8 Å². The van der Waals surface area contributed by atoms with Crippen molar-refractivity contribution in [3.05, 3.63) is 29.3 Å². The van der Waals surface area contributed by atoms with Gasteiger partial charge in [0.2, 0.25) is 11.8 Å². The van der Waals surface area contributed by atoms with Gasteiger partial charge in [-0.1, -0.05) is 0 Å². The first-order valence-corrected chi connectivity index (χ1v) is 8.11. The molecule has 1 N–H and O–H groups in total. The van der Waals surface area contributed by atoms with Gasteiger partial charge in [-0.2, -0.15) is 0 Å². The van der Waals surface area contributed by atoms with E-state index < -0.39 is 29.7 Å². The second kappa shape index (κ2) is 6.60. The minimum absolute atomic E-state index is 0.0938. The maximum absolute atomic E-state index is 12.6. The predicted octanol–water partition coefficient (Wildman–Crippen LogP) is 1.10. The molecule has 0 bridgehead atoms. The Hall–Kier alpha value is -2.41. The number of hydrogen-bond acceptors (Lipinski definition) is 5. The molecule has 1 atom stereocenters. The van der Waals surface area contributed by atoms with E-state index >= 15 is 0 Å². The standard InChI is InChI=1S/C16H15ClN2O5/c17-6-1-7-24-9-2-3-10-11(8-9)16(23)19(15(10)22)12-4-5-13(20)18-14(12)21/h2-3,8,12H,1,4-7H2,(H,18,20,21). The smallest absolute Gasteiger partial charge is 0.262 e. The largest absolute Gasteiger partial charge is 0.494 e. The Bertz CT molecular complexity index is 733. The lowest BCUT2D eigenvalue weighted by atomic mass is 10.0. The van der Waals surface area contributed by atoms with Crippen LogP contribution in [0, 0.1) is 0 Å². The molecule has 1 unspecified atom stereocenters. The van der Waals surface area contributed by atoms with Crippen LogP contribution in [0.4, 0.5) is 0 Å². The number of nitrogens with zero attached hydrogens (tertiary/aromatic N) is 1. The summed E-state index contributed by atoms with van der Waals surface area (Å²) in [7, 11) is 0. The summed E-state index contributed by atoms with van der Waals surface area (Å²) in [5.74, 6) is -1.18. The molecule has 1 aromatic carbocycles. The average molecular weight is 351 g/mol. The molecule has 0 aliphatic carbocycles. The van der Waals surface area contributed by atoms with Crippen LogP contribution in [0.15, 0.2) is 18.2 Å². The fourth-order valence-electron chi connectivity index (χ4n) is 2.78. The van der Waals surface area contributed by atoms with E-state index in [1.54, 1.807) is 6.07 Å². The van der Waals surface area contributed by atoms with E-state index in [2.05, 4.69) is 5.32 Å². The Kier molecular flexibility index (Phi) is 4.53. The van der Waals surface area contributed by atoms with Gasteiger partial charge in [-0.25, -0.2) is 0 Å². The molecule has 0 saturated carbocycles. The molecule has 126 valence electrons. The van der Waals surface area contributed by atoms with Crippen molar-refractivity contribution in [2.24, 2.45) is 0 Å². The number of piperidine rings is 1. The van der Waals surface area contributed by atoms with Crippen LogP contribution in [-0.2, 0) is 9.59 Å². The van der Waals surface area contributed by atoms with Crippen molar-refractivity contribution in [3.63, 3.8) is 0 Å². The highest BCUT2D eigenvalue weighted by Crippen LogP contribution is 2.30. The number of rotatable bonds is 5. The summed E-state index contributed by atoms with van der Waals surface area (Å²) >= 11 is 5.59. The lowest BCUT2D eigenvalue weighted by Gasteiger charge is -2.27. The molecule has 0 spiro atoms. The number of halogens is 1. The zero-order valence-electron chi connectivity index (χ0n) is 12.7. The Morgan fingerprint density at radius 1 is 1.17 bits per heavy atom. The van der Waals surface area contributed by atoms with E-state index in [1.807, 2.05) is 0 Å². The highest BCUT2D eigenvalue weighted by molar-refractivity contribution is 6.23. The molecule has 0 radical (unpaired) electrons. The zero-order valence-corrected chi connectivity index (χ0v) is 13.5. The summed E-state index contributed by atoms with van der Waals surface area (Å²) in [6.07, 6.45) is 0.889. The van der Waals surface area contributed by atoms with Crippen molar-refractivity contribution in [2.75, 3.05) is 12.5 Å². The first-order chi connectivity index (χ1) is 11.5. The van der Waals surface area contributed by atoms with Gasteiger partial charge in [0.25, 0.3) is 11.8 Å². The Morgan fingerprint density at radius 2 is 1.92 bits per heavy atom. The van der Waals surface area contributed by atoms with E-state index in [0.717, 1.165) is 4.90 Å². The first kappa shape index (κ1) is 16.4. The summed E-state index contributed by atoms with van der Waals surface area (Å²) in [5, 5.41) is 2.16. The van der Waals surface area contributed by atoms with Gasteiger partial charge in [0, 0.05) is 12.3 Å². The van der Waals surface area contributed by atoms with Crippen LogP contribution >= 0.6 is 11.6 Å². The fourth-order valence-corrected chi connectivity index (χ4v) is 2.89. The molecule has 4 amide bonds. The molecule has 1 fully saturated rings. The van der Waals surface area contributed by atoms with Crippen LogP contribution in [0.3, 0.4) is 0 Å². The number of carbonyl (C=O) groups is 4. The van der Waals surface area contributed by atoms with Crippen molar-refractivity contribution >= 4 is 35.2 Å². The number of imide groups is 2. The first-order valence-electron chi connectivity index (χ1n) is 7.57. The summed E-state index contributed by atoms with van der Waals surface area (Å²) in [5.41, 5.74) is 0.433. The van der Waals surface area contributed by atoms with Gasteiger partial charge in [-0.3, -0.25) is 29.4 Å². The lowest BCUT2D eigenvalue weighted by molar-refractivity contribution is -0.136. The second-order valence-corrected chi connectivity index (χ2v) is 5.92. The number of hydrogen-bond donors (Lipinski definition) is 1. The third kappa shape index (κ3) is 2.87. The van der Waals surface area contributed by atoms with Gasteiger partial charge in [0.05, 0.1) is 17.7 Å². The maximum Gasteiger partial charge on any atom is 0.262 e. The number of nitrogens with one attached hydrogen (secondary N) is 1. The van der Waals surface area contributed by atoms with Gasteiger partial charge in [0.1, 0.15) is 11.8 Å². The monoisotopic (exact) mass is 350 g/mol. The van der Waals surface area contributed by atoms with Gasteiger partial charge < -0.3 is 4.74 Å². The number of ether oxygens (including phenoxy) is 1. The van der Waals surface area contributed by atoms with E-state index in [-0.39, 0.29) is 24.0 Å². The van der Waals surface area contributed by atoms with E-state index in [9.17, 15) is 19.2 Å². The highest BCUT2D eigenvalue weighted by Gasteiger charge is 2.44. The Labute approximate surface area is 142 Å². The van der Waals surface area contributed by atoms with Crippen LogP contribution in [0.2, 0.25) is 0 Å². The van der Waals surface area contributed by atoms with Crippen molar-refractivity contribution in [3.8, 4) is 5.75 Å². The minimum Gasteiger partial charge on any atom is -0.494 e. The van der Waals surface area contributed by atoms with Crippen molar-refractivity contribution in [1.82, 2.24) is 10.2 Å². The molecule has 2 aliphatic heterocycles. The maximum atomic E-state index is 12.6. The van der Waals surface area contributed by atoms with Gasteiger partial charge in [-0.05, 0) is 31.0 Å². The molecule has 7 nitrogen and oxygen atoms in total. The van der Waals surface area contributed by atoms with E-state index in [1.165, 1.54) is 12.1 Å². The van der Waals surface area contributed by atoms with Crippen LogP contribution < -0.4 is 10.1 Å². The van der Waals surface area contributed by atoms with Gasteiger partial charge in [0.15, 0.2) is 0 Å². The lowest BCUT2D eigenvalue weighted by Crippen LogP contribution is -2.54. The number of amides is 4. The number of alkyl halides is 1. The summed E-state index contributed by atoms with van der Waals surface area (Å²) in [6, 6.07) is 3.65. The molecule has 3 rings (SSSR count). The van der Waals surface area contributed by atoms with Crippen molar-refractivity contribution < 1.29 is 23.9 Å². The Morgan fingerprint density at radius 3 is 2.62 bits per heavy atom. The van der Waals surface area contributed by atoms with Crippen LogP contribution in [0.5, 0.6) is 5.75 Å². The van der Waals surface area contributed by atoms with Gasteiger partial charge in [-0.15, -0.1) is 11.6 Å². The van der Waals surface area contributed by atoms with E-state index in [4.69, 9.17) is 16.3 Å². The van der Waals surface area contributed by atoms with Crippen LogP contribution in [-0.4, -0.2) is 47.1 Å². The third-order valence-electron chi connectivity index (χ3n) is 3.96. The number of carbonyl (C=O) groups excluding carboxylic acids is 4. The average Bonchev–Trinajstić information content (AvgIpc) is 2.80. The van der Waals surface area contributed by atoms with Crippen molar-refractivity contribution in [1.29, 1.82) is 0 Å². The summed E-state index contributed by atoms with van der Waals surface area (Å²) in [6.45, 7) is 0.404. The molecule has 1 aromatic rings. The third-order valence-corrected chi connectivity index (χ3v) is 4.23. The SMILES string of the molecule is O=C1CCC(N2C(=O)c3ccc(OCCCCl)cc3C2=O)C(=O)N1.